The average molecular weight is 543 g/mol. The Labute approximate surface area is 208 Å². The van der Waals surface area contributed by atoms with Gasteiger partial charge in [0, 0.05) is 37.8 Å². The highest BCUT2D eigenvalue weighted by molar-refractivity contribution is 7.89. The number of amides is 1. The molecule has 0 bridgehead atoms. The molecule has 2 aromatic carbocycles. The summed E-state index contributed by atoms with van der Waals surface area (Å²) in [5.41, 5.74) is 2.19. The van der Waals surface area contributed by atoms with Gasteiger partial charge >= 0.3 is 0 Å². The second-order valence-corrected chi connectivity index (χ2v) is 10.4. The van der Waals surface area contributed by atoms with Gasteiger partial charge in [-0.25, -0.2) is 13.6 Å². The van der Waals surface area contributed by atoms with E-state index in [0.717, 1.165) is 43.6 Å². The van der Waals surface area contributed by atoms with Gasteiger partial charge in [-0.05, 0) is 48.2 Å². The fourth-order valence-corrected chi connectivity index (χ4v) is 5.58. The van der Waals surface area contributed by atoms with Crippen molar-refractivity contribution in [1.29, 1.82) is 0 Å². The number of carbonyl (C=O) groups is 1. The third kappa shape index (κ3) is 5.51. The number of nitrogens with zero attached hydrogens (tertiary/aromatic N) is 2. The topological polar surface area (TPSA) is 115 Å². The maximum atomic E-state index is 12.9. The number of fused-ring (bicyclic) bond motifs is 1. The molecule has 176 valence electrons. The van der Waals surface area contributed by atoms with Crippen molar-refractivity contribution in [3.05, 3.63) is 62.1 Å². The van der Waals surface area contributed by atoms with Gasteiger partial charge in [0.2, 0.25) is 10.0 Å². The maximum absolute atomic E-state index is 12.9. The van der Waals surface area contributed by atoms with Crippen LogP contribution in [0.25, 0.3) is 0 Å². The molecule has 0 unspecified atom stereocenters. The molecule has 1 amide bonds. The first-order chi connectivity index (χ1) is 14.1. The van der Waals surface area contributed by atoms with Crippen molar-refractivity contribution in [1.82, 2.24) is 9.80 Å². The van der Waals surface area contributed by atoms with Crippen LogP contribution in [0.2, 0.25) is 15.1 Å². The summed E-state index contributed by atoms with van der Waals surface area (Å²) in [5.74, 6) is -0.172. The molecule has 7 nitrogen and oxygen atoms in total. The van der Waals surface area contributed by atoms with E-state index in [9.17, 15) is 13.2 Å². The van der Waals surface area contributed by atoms with Gasteiger partial charge in [-0.2, -0.15) is 0 Å². The van der Waals surface area contributed by atoms with Gasteiger partial charge in [0.05, 0.1) is 15.1 Å². The van der Waals surface area contributed by atoms with Crippen LogP contribution in [0.5, 0.6) is 0 Å². The van der Waals surface area contributed by atoms with Gasteiger partial charge in [0.25, 0.3) is 5.91 Å². The molecule has 4 N–H and O–H groups in total. The molecule has 2 aliphatic rings. The molecule has 0 radical (unpaired) electrons. The molecule has 1 fully saturated rings. The summed E-state index contributed by atoms with van der Waals surface area (Å²) in [6, 6.07) is 8.57. The molecule has 4 rings (SSSR count). The van der Waals surface area contributed by atoms with Crippen LogP contribution < -0.4 is 5.14 Å². The van der Waals surface area contributed by atoms with E-state index in [1.165, 1.54) is 12.1 Å². The smallest absolute Gasteiger partial charge is 0.254 e. The molecule has 2 aromatic rings. The van der Waals surface area contributed by atoms with Crippen molar-refractivity contribution < 1.29 is 18.7 Å². The predicted molar refractivity (Wildman–Crippen MR) is 128 cm³/mol. The lowest BCUT2D eigenvalue weighted by molar-refractivity contribution is 0.0590. The molecule has 2 heterocycles. The molecule has 1 saturated heterocycles. The van der Waals surface area contributed by atoms with Crippen LogP contribution >= 0.6 is 47.2 Å². The summed E-state index contributed by atoms with van der Waals surface area (Å²) in [4.78, 5) is 16.9. The largest absolute Gasteiger partial charge is 0.412 e. The number of piperidine rings is 1. The zero-order valence-corrected chi connectivity index (χ0v) is 20.8. The van der Waals surface area contributed by atoms with E-state index >= 15 is 0 Å². The molecule has 0 atom stereocenters. The van der Waals surface area contributed by atoms with Crippen LogP contribution in [0.15, 0.2) is 35.2 Å². The van der Waals surface area contributed by atoms with E-state index < -0.39 is 10.0 Å². The third-order valence-electron chi connectivity index (χ3n) is 5.68. The number of halogens is 4. The second-order valence-electron chi connectivity index (χ2n) is 7.67. The predicted octanol–water partition coefficient (Wildman–Crippen LogP) is 3.51. The van der Waals surface area contributed by atoms with E-state index in [4.69, 9.17) is 39.9 Å². The normalized spacial score (nSPS) is 17.0. The van der Waals surface area contributed by atoms with Crippen molar-refractivity contribution >= 4 is 63.1 Å². The SMILES string of the molecule is Cl.NS(=O)(=O)c1cc2c(cc1Cl)CN(C1CCN(Cc3ccc(Cl)c(Cl)c3)CC1)C2=O.O. The van der Waals surface area contributed by atoms with Crippen LogP contribution in [0.3, 0.4) is 0 Å². The monoisotopic (exact) mass is 541 g/mol. The fourth-order valence-electron chi connectivity index (χ4n) is 4.13. The van der Waals surface area contributed by atoms with E-state index in [-0.39, 0.29) is 39.8 Å². The zero-order valence-electron chi connectivity index (χ0n) is 16.9. The van der Waals surface area contributed by atoms with Crippen LogP contribution in [0.4, 0.5) is 0 Å². The van der Waals surface area contributed by atoms with Crippen LogP contribution in [0, 0.1) is 0 Å². The Balaban J connectivity index is 0.00000181. The summed E-state index contributed by atoms with van der Waals surface area (Å²) in [7, 11) is -3.99. The lowest BCUT2D eigenvalue weighted by Crippen LogP contribution is -2.44. The summed E-state index contributed by atoms with van der Waals surface area (Å²) >= 11 is 18.2. The van der Waals surface area contributed by atoms with Gasteiger partial charge < -0.3 is 10.4 Å². The Morgan fingerprint density at radius 2 is 1.66 bits per heavy atom. The molecular weight excluding hydrogens is 520 g/mol. The molecule has 0 spiro atoms. The Kier molecular flexibility index (Phi) is 8.86. The summed E-state index contributed by atoms with van der Waals surface area (Å²) in [5, 5.41) is 6.34. The van der Waals surface area contributed by atoms with Gasteiger partial charge in [-0.1, -0.05) is 40.9 Å². The maximum Gasteiger partial charge on any atom is 0.254 e. The molecule has 0 saturated carbocycles. The minimum atomic E-state index is -3.99. The van der Waals surface area contributed by atoms with Crippen LogP contribution in [0.1, 0.15) is 34.3 Å². The Morgan fingerprint density at radius 3 is 2.25 bits per heavy atom. The quantitative estimate of drug-likeness (QED) is 0.636. The van der Waals surface area contributed by atoms with Gasteiger partial charge in [-0.3, -0.25) is 9.69 Å². The molecule has 2 aliphatic heterocycles. The van der Waals surface area contributed by atoms with Crippen LogP contribution in [-0.4, -0.2) is 48.7 Å². The number of carbonyl (C=O) groups excluding carboxylic acids is 1. The van der Waals surface area contributed by atoms with Crippen molar-refractivity contribution in [2.75, 3.05) is 13.1 Å². The number of rotatable bonds is 4. The Bertz CT molecular complexity index is 1120. The van der Waals surface area contributed by atoms with Crippen LogP contribution in [-0.2, 0) is 23.1 Å². The van der Waals surface area contributed by atoms with Crippen molar-refractivity contribution in [3.63, 3.8) is 0 Å². The zero-order chi connectivity index (χ0) is 21.6. The lowest BCUT2D eigenvalue weighted by Gasteiger charge is -2.36. The third-order valence-corrected chi connectivity index (χ3v) is 7.80. The summed E-state index contributed by atoms with van der Waals surface area (Å²) < 4.78 is 23.4. The first-order valence-corrected chi connectivity index (χ1v) is 12.1. The molecule has 12 heteroatoms. The standard InChI is InChI=1S/C20H20Cl3N3O3S.ClH.H2O/c21-16-2-1-12(7-17(16)22)10-25-5-3-14(4-6-25)26-11-13-8-18(23)19(30(24,28)29)9-15(13)20(26)27;;/h1-2,7-9,14H,3-6,10-11H2,(H2,24,28,29);1H;1H2. The van der Waals surface area contributed by atoms with Crippen molar-refractivity contribution in [2.45, 2.75) is 36.9 Å². The number of benzene rings is 2. The Hall–Kier alpha value is -1.10. The van der Waals surface area contributed by atoms with E-state index in [1.807, 2.05) is 17.0 Å². The molecule has 32 heavy (non-hydrogen) atoms. The average Bonchev–Trinajstić information content (AvgIpc) is 2.99. The first-order valence-electron chi connectivity index (χ1n) is 9.46. The number of hydrogen-bond acceptors (Lipinski definition) is 4. The number of primary sulfonamides is 1. The molecular formula is C20H23Cl4N3O4S. The number of sulfonamides is 1. The number of nitrogens with two attached hydrogens (primary N) is 1. The minimum absolute atomic E-state index is 0. The first kappa shape index (κ1) is 27.1. The number of hydrogen-bond donors (Lipinski definition) is 1. The second kappa shape index (κ2) is 10.4. The highest BCUT2D eigenvalue weighted by Crippen LogP contribution is 2.34. The van der Waals surface area contributed by atoms with Gasteiger partial charge in [-0.15, -0.1) is 12.4 Å². The highest BCUT2D eigenvalue weighted by atomic mass is 35.5. The van der Waals surface area contributed by atoms with Gasteiger partial charge in [0.15, 0.2) is 0 Å². The van der Waals surface area contributed by atoms with E-state index in [0.29, 0.717) is 22.2 Å². The van der Waals surface area contributed by atoms with Crippen molar-refractivity contribution in [2.24, 2.45) is 5.14 Å². The number of likely N-dealkylation sites (tertiary alicyclic amines) is 1. The lowest BCUT2D eigenvalue weighted by atomic mass is 10.0. The van der Waals surface area contributed by atoms with E-state index in [2.05, 4.69) is 4.90 Å². The summed E-state index contributed by atoms with van der Waals surface area (Å²) in [6.45, 7) is 2.88. The molecule has 0 aromatic heterocycles. The Morgan fingerprint density at radius 1 is 1.00 bits per heavy atom. The summed E-state index contributed by atoms with van der Waals surface area (Å²) in [6.07, 6.45) is 1.66. The van der Waals surface area contributed by atoms with Gasteiger partial charge in [0.1, 0.15) is 4.90 Å². The molecule has 0 aliphatic carbocycles. The van der Waals surface area contributed by atoms with E-state index in [1.54, 1.807) is 6.07 Å². The van der Waals surface area contributed by atoms with Crippen molar-refractivity contribution in [3.8, 4) is 0 Å². The minimum Gasteiger partial charge on any atom is -0.412 e. The fraction of sp³-hybridized carbons (Fsp3) is 0.350. The highest BCUT2D eigenvalue weighted by Gasteiger charge is 2.36.